The van der Waals surface area contributed by atoms with Gasteiger partial charge in [-0.05, 0) is 48.1 Å². The zero-order chi connectivity index (χ0) is 15.1. The van der Waals surface area contributed by atoms with Gasteiger partial charge in [-0.3, -0.25) is 5.43 Å². The lowest BCUT2D eigenvalue weighted by atomic mass is 10.2. The van der Waals surface area contributed by atoms with Crippen molar-refractivity contribution in [2.45, 2.75) is 6.61 Å². The normalized spacial score (nSPS) is 10.5. The van der Waals surface area contributed by atoms with Crippen LogP contribution in [0.2, 0.25) is 5.02 Å². The lowest BCUT2D eigenvalue weighted by Gasteiger charge is -2.07. The summed E-state index contributed by atoms with van der Waals surface area (Å²) in [4.78, 5) is 0. The van der Waals surface area contributed by atoms with Gasteiger partial charge in [0.1, 0.15) is 12.4 Å². The summed E-state index contributed by atoms with van der Waals surface area (Å²) in [5.41, 5.74) is 9.61. The second-order valence-corrected chi connectivity index (χ2v) is 5.03. The SMILES string of the molecule is NC(=S)N/N=C/c1ccc(OCc2ccccc2Cl)cc1. The van der Waals surface area contributed by atoms with Gasteiger partial charge in [0.2, 0.25) is 0 Å². The molecular formula is C15H14ClN3OS. The molecule has 0 fully saturated rings. The number of hydrazone groups is 1. The molecule has 3 N–H and O–H groups in total. The van der Waals surface area contributed by atoms with Crippen LogP contribution in [0, 0.1) is 0 Å². The van der Waals surface area contributed by atoms with Crippen LogP contribution in [0.25, 0.3) is 0 Å². The molecule has 0 aliphatic carbocycles. The van der Waals surface area contributed by atoms with Crippen LogP contribution in [0.4, 0.5) is 0 Å². The van der Waals surface area contributed by atoms with Gasteiger partial charge >= 0.3 is 0 Å². The van der Waals surface area contributed by atoms with Crippen molar-refractivity contribution in [3.63, 3.8) is 0 Å². The number of hydrogen-bond acceptors (Lipinski definition) is 3. The molecule has 6 heteroatoms. The maximum atomic E-state index is 6.07. The highest BCUT2D eigenvalue weighted by molar-refractivity contribution is 7.80. The largest absolute Gasteiger partial charge is 0.489 e. The summed E-state index contributed by atoms with van der Waals surface area (Å²) in [5, 5.41) is 4.71. The quantitative estimate of drug-likeness (QED) is 0.505. The predicted octanol–water partition coefficient (Wildman–Crippen LogP) is 3.09. The van der Waals surface area contributed by atoms with E-state index < -0.39 is 0 Å². The Balaban J connectivity index is 1.92. The second-order valence-electron chi connectivity index (χ2n) is 4.18. The molecule has 2 aromatic rings. The molecule has 0 aliphatic rings. The Morgan fingerprint density at radius 2 is 1.95 bits per heavy atom. The van der Waals surface area contributed by atoms with E-state index in [-0.39, 0.29) is 5.11 Å². The first kappa shape index (κ1) is 15.3. The highest BCUT2D eigenvalue weighted by Gasteiger charge is 2.00. The van der Waals surface area contributed by atoms with E-state index in [0.29, 0.717) is 11.6 Å². The first-order chi connectivity index (χ1) is 10.1. The molecule has 4 nitrogen and oxygen atoms in total. The number of ether oxygens (including phenoxy) is 1. The van der Waals surface area contributed by atoms with Crippen molar-refractivity contribution >= 4 is 35.1 Å². The number of nitrogens with one attached hydrogen (secondary N) is 1. The average molecular weight is 320 g/mol. The Morgan fingerprint density at radius 3 is 2.62 bits per heavy atom. The van der Waals surface area contributed by atoms with E-state index in [1.807, 2.05) is 48.5 Å². The number of rotatable bonds is 5. The fourth-order valence-electron chi connectivity index (χ4n) is 1.60. The van der Waals surface area contributed by atoms with Gasteiger partial charge in [-0.25, -0.2) is 0 Å². The van der Waals surface area contributed by atoms with Crippen LogP contribution < -0.4 is 15.9 Å². The lowest BCUT2D eigenvalue weighted by molar-refractivity contribution is 0.306. The van der Waals surface area contributed by atoms with Gasteiger partial charge in [0.05, 0.1) is 6.21 Å². The van der Waals surface area contributed by atoms with Crippen LogP contribution in [-0.4, -0.2) is 11.3 Å². The summed E-state index contributed by atoms with van der Waals surface area (Å²) >= 11 is 10.7. The van der Waals surface area contributed by atoms with Gasteiger partial charge in [-0.1, -0.05) is 29.8 Å². The summed E-state index contributed by atoms with van der Waals surface area (Å²) < 4.78 is 5.69. The highest BCUT2D eigenvalue weighted by atomic mass is 35.5. The molecule has 108 valence electrons. The fraction of sp³-hybridized carbons (Fsp3) is 0.0667. The molecule has 0 unspecified atom stereocenters. The summed E-state index contributed by atoms with van der Waals surface area (Å²) in [7, 11) is 0. The second kappa shape index (κ2) is 7.61. The molecular weight excluding hydrogens is 306 g/mol. The minimum absolute atomic E-state index is 0.131. The van der Waals surface area contributed by atoms with Crippen molar-refractivity contribution in [1.29, 1.82) is 0 Å². The molecule has 21 heavy (non-hydrogen) atoms. The molecule has 0 heterocycles. The standard InChI is InChI=1S/C15H14ClN3OS/c16-14-4-2-1-3-12(14)10-20-13-7-5-11(6-8-13)9-18-19-15(17)21/h1-9H,10H2,(H3,17,19,21)/b18-9+. The molecule has 0 saturated heterocycles. The van der Waals surface area contributed by atoms with Crippen molar-refractivity contribution in [2.75, 3.05) is 0 Å². The summed E-state index contributed by atoms with van der Waals surface area (Å²) in [6.07, 6.45) is 1.62. The maximum absolute atomic E-state index is 6.07. The Bertz CT molecular complexity index is 644. The molecule has 0 spiro atoms. The van der Waals surface area contributed by atoms with Crippen LogP contribution in [0.3, 0.4) is 0 Å². The molecule has 0 amide bonds. The van der Waals surface area contributed by atoms with E-state index in [9.17, 15) is 0 Å². The van der Waals surface area contributed by atoms with Gasteiger partial charge in [0, 0.05) is 10.6 Å². The van der Waals surface area contributed by atoms with Crippen LogP contribution in [0.15, 0.2) is 53.6 Å². The van der Waals surface area contributed by atoms with Crippen molar-refractivity contribution < 1.29 is 4.74 Å². The Morgan fingerprint density at radius 1 is 1.24 bits per heavy atom. The van der Waals surface area contributed by atoms with Crippen LogP contribution in [0.5, 0.6) is 5.75 Å². The zero-order valence-electron chi connectivity index (χ0n) is 11.1. The van der Waals surface area contributed by atoms with Gasteiger partial charge < -0.3 is 10.5 Å². The maximum Gasteiger partial charge on any atom is 0.184 e. The zero-order valence-corrected chi connectivity index (χ0v) is 12.7. The number of halogens is 1. The Hall–Kier alpha value is -2.11. The van der Waals surface area contributed by atoms with E-state index in [4.69, 9.17) is 22.1 Å². The average Bonchev–Trinajstić information content (AvgIpc) is 2.47. The molecule has 2 rings (SSSR count). The van der Waals surface area contributed by atoms with E-state index in [1.54, 1.807) is 6.21 Å². The van der Waals surface area contributed by atoms with E-state index in [0.717, 1.165) is 16.9 Å². The monoisotopic (exact) mass is 319 g/mol. The Labute approximate surface area is 133 Å². The molecule has 0 atom stereocenters. The first-order valence-electron chi connectivity index (χ1n) is 6.20. The first-order valence-corrected chi connectivity index (χ1v) is 6.98. The van der Waals surface area contributed by atoms with E-state index in [1.165, 1.54) is 0 Å². The topological polar surface area (TPSA) is 59.6 Å². The summed E-state index contributed by atoms with van der Waals surface area (Å²) in [5.74, 6) is 0.759. The summed E-state index contributed by atoms with van der Waals surface area (Å²) in [6.45, 7) is 0.427. The number of nitrogens with zero attached hydrogens (tertiary/aromatic N) is 1. The fourth-order valence-corrected chi connectivity index (χ4v) is 1.84. The van der Waals surface area contributed by atoms with Gasteiger partial charge in [-0.15, -0.1) is 0 Å². The van der Waals surface area contributed by atoms with E-state index in [2.05, 4.69) is 22.7 Å². The van der Waals surface area contributed by atoms with E-state index >= 15 is 0 Å². The van der Waals surface area contributed by atoms with Gasteiger partial charge in [0.25, 0.3) is 0 Å². The lowest BCUT2D eigenvalue weighted by Crippen LogP contribution is -2.23. The van der Waals surface area contributed by atoms with Gasteiger partial charge in [-0.2, -0.15) is 5.10 Å². The molecule has 0 bridgehead atoms. The number of hydrogen-bond donors (Lipinski definition) is 2. The number of nitrogens with two attached hydrogens (primary N) is 1. The molecule has 0 aliphatic heterocycles. The Kier molecular flexibility index (Phi) is 5.54. The summed E-state index contributed by atoms with van der Waals surface area (Å²) in [6, 6.07) is 15.1. The molecule has 0 saturated carbocycles. The van der Waals surface area contributed by atoms with Crippen molar-refractivity contribution in [3.05, 3.63) is 64.7 Å². The molecule has 2 aromatic carbocycles. The third kappa shape index (κ3) is 5.06. The van der Waals surface area contributed by atoms with Crippen molar-refractivity contribution in [1.82, 2.24) is 5.43 Å². The molecule has 0 aromatic heterocycles. The van der Waals surface area contributed by atoms with Crippen LogP contribution in [-0.2, 0) is 6.61 Å². The minimum Gasteiger partial charge on any atom is -0.489 e. The third-order valence-corrected chi connectivity index (χ3v) is 3.08. The van der Waals surface area contributed by atoms with Gasteiger partial charge in [0.15, 0.2) is 5.11 Å². The van der Waals surface area contributed by atoms with Crippen molar-refractivity contribution in [3.8, 4) is 5.75 Å². The van der Waals surface area contributed by atoms with Crippen molar-refractivity contribution in [2.24, 2.45) is 10.8 Å². The number of benzene rings is 2. The predicted molar refractivity (Wildman–Crippen MR) is 89.7 cm³/mol. The third-order valence-electron chi connectivity index (χ3n) is 2.62. The smallest absolute Gasteiger partial charge is 0.184 e. The minimum atomic E-state index is 0.131. The van der Waals surface area contributed by atoms with Crippen LogP contribution >= 0.6 is 23.8 Å². The molecule has 0 radical (unpaired) electrons. The number of thiocarbonyl (C=S) groups is 1. The highest BCUT2D eigenvalue weighted by Crippen LogP contribution is 2.18. The van der Waals surface area contributed by atoms with Crippen LogP contribution in [0.1, 0.15) is 11.1 Å².